The zero-order valence-electron chi connectivity index (χ0n) is 11.4. The summed E-state index contributed by atoms with van der Waals surface area (Å²) in [4.78, 5) is 2.58. The van der Waals surface area contributed by atoms with E-state index in [1.165, 1.54) is 17.7 Å². The molecule has 0 aromatic heterocycles. The zero-order valence-corrected chi connectivity index (χ0v) is 11.4. The normalized spacial score (nSPS) is 20.8. The molecule has 0 spiro atoms. The zero-order chi connectivity index (χ0) is 12.4. The van der Waals surface area contributed by atoms with Gasteiger partial charge < -0.3 is 10.2 Å². The SMILES string of the molecule is CNC(C)C1Cc2ccccc2N1CC(C)C. The van der Waals surface area contributed by atoms with Crippen LogP contribution in [0.1, 0.15) is 26.3 Å². The smallest absolute Gasteiger partial charge is 0.0481 e. The summed E-state index contributed by atoms with van der Waals surface area (Å²) in [6.07, 6.45) is 1.17. The van der Waals surface area contributed by atoms with Crippen LogP contribution in [0.2, 0.25) is 0 Å². The Bertz CT molecular complexity index is 373. The van der Waals surface area contributed by atoms with Gasteiger partial charge in [0, 0.05) is 24.3 Å². The minimum absolute atomic E-state index is 0.529. The summed E-state index contributed by atoms with van der Waals surface area (Å²) in [7, 11) is 2.06. The molecule has 2 heteroatoms. The van der Waals surface area contributed by atoms with Crippen molar-refractivity contribution in [3.63, 3.8) is 0 Å². The minimum atomic E-state index is 0.529. The van der Waals surface area contributed by atoms with E-state index < -0.39 is 0 Å². The van der Waals surface area contributed by atoms with E-state index in [1.807, 2.05) is 0 Å². The molecule has 0 fully saturated rings. The molecule has 0 amide bonds. The highest BCUT2D eigenvalue weighted by atomic mass is 15.2. The molecule has 1 aromatic rings. The van der Waals surface area contributed by atoms with Gasteiger partial charge >= 0.3 is 0 Å². The highest BCUT2D eigenvalue weighted by molar-refractivity contribution is 5.59. The first kappa shape index (κ1) is 12.4. The summed E-state index contributed by atoms with van der Waals surface area (Å²) in [5.41, 5.74) is 2.94. The van der Waals surface area contributed by atoms with Gasteiger partial charge in [-0.25, -0.2) is 0 Å². The minimum Gasteiger partial charge on any atom is -0.366 e. The lowest BCUT2D eigenvalue weighted by Crippen LogP contribution is -2.47. The summed E-state index contributed by atoms with van der Waals surface area (Å²) in [5, 5.41) is 3.40. The Morgan fingerprint density at radius 3 is 2.65 bits per heavy atom. The molecule has 0 aliphatic carbocycles. The van der Waals surface area contributed by atoms with Crippen LogP contribution in [-0.2, 0) is 6.42 Å². The number of anilines is 1. The van der Waals surface area contributed by atoms with Crippen LogP contribution in [-0.4, -0.2) is 25.7 Å². The first-order valence-electron chi connectivity index (χ1n) is 6.65. The molecule has 2 atom stereocenters. The molecule has 1 N–H and O–H groups in total. The van der Waals surface area contributed by atoms with Crippen LogP contribution in [0.25, 0.3) is 0 Å². The lowest BCUT2D eigenvalue weighted by Gasteiger charge is -2.33. The van der Waals surface area contributed by atoms with Crippen molar-refractivity contribution < 1.29 is 0 Å². The third kappa shape index (κ3) is 2.47. The topological polar surface area (TPSA) is 15.3 Å². The van der Waals surface area contributed by atoms with Crippen LogP contribution in [0.4, 0.5) is 5.69 Å². The van der Waals surface area contributed by atoms with Gasteiger partial charge in [-0.1, -0.05) is 32.0 Å². The average molecular weight is 232 g/mol. The largest absolute Gasteiger partial charge is 0.366 e. The number of rotatable bonds is 4. The fraction of sp³-hybridized carbons (Fsp3) is 0.600. The fourth-order valence-corrected chi connectivity index (χ4v) is 2.74. The third-order valence-corrected chi connectivity index (χ3v) is 3.72. The maximum atomic E-state index is 3.40. The van der Waals surface area contributed by atoms with Crippen molar-refractivity contribution in [3.05, 3.63) is 29.8 Å². The summed E-state index contributed by atoms with van der Waals surface area (Å²) >= 11 is 0. The average Bonchev–Trinajstić information content (AvgIpc) is 2.67. The lowest BCUT2D eigenvalue weighted by molar-refractivity contribution is 0.451. The Labute approximate surface area is 105 Å². The Kier molecular flexibility index (Phi) is 3.72. The van der Waals surface area contributed by atoms with Crippen molar-refractivity contribution in [2.24, 2.45) is 5.92 Å². The van der Waals surface area contributed by atoms with Crippen molar-refractivity contribution in [1.29, 1.82) is 0 Å². The van der Waals surface area contributed by atoms with Gasteiger partial charge in [0.2, 0.25) is 0 Å². The van der Waals surface area contributed by atoms with E-state index in [2.05, 4.69) is 62.3 Å². The van der Waals surface area contributed by atoms with E-state index in [0.717, 1.165) is 6.54 Å². The number of nitrogens with zero attached hydrogens (tertiary/aromatic N) is 1. The number of benzene rings is 1. The Morgan fingerprint density at radius 1 is 1.29 bits per heavy atom. The Morgan fingerprint density at radius 2 is 2.00 bits per heavy atom. The van der Waals surface area contributed by atoms with Crippen molar-refractivity contribution in [2.45, 2.75) is 39.3 Å². The van der Waals surface area contributed by atoms with E-state index in [9.17, 15) is 0 Å². The molecule has 2 nitrogen and oxygen atoms in total. The molecule has 17 heavy (non-hydrogen) atoms. The van der Waals surface area contributed by atoms with Crippen LogP contribution in [0.3, 0.4) is 0 Å². The number of fused-ring (bicyclic) bond motifs is 1. The van der Waals surface area contributed by atoms with Crippen molar-refractivity contribution in [1.82, 2.24) is 5.32 Å². The van der Waals surface area contributed by atoms with Crippen LogP contribution in [0.5, 0.6) is 0 Å². The van der Waals surface area contributed by atoms with Gasteiger partial charge in [-0.05, 0) is 37.9 Å². The van der Waals surface area contributed by atoms with Gasteiger partial charge in [0.1, 0.15) is 0 Å². The Balaban J connectivity index is 2.26. The van der Waals surface area contributed by atoms with Gasteiger partial charge in [-0.2, -0.15) is 0 Å². The molecule has 0 saturated heterocycles. The molecule has 1 aliphatic rings. The molecule has 2 rings (SSSR count). The van der Waals surface area contributed by atoms with Gasteiger partial charge in [0.25, 0.3) is 0 Å². The first-order chi connectivity index (χ1) is 8.13. The molecule has 1 aliphatic heterocycles. The predicted molar refractivity (Wildman–Crippen MR) is 74.6 cm³/mol. The van der Waals surface area contributed by atoms with Crippen LogP contribution >= 0.6 is 0 Å². The number of hydrogen-bond donors (Lipinski definition) is 1. The van der Waals surface area contributed by atoms with Crippen LogP contribution in [0.15, 0.2) is 24.3 Å². The number of nitrogens with one attached hydrogen (secondary N) is 1. The third-order valence-electron chi connectivity index (χ3n) is 3.72. The van der Waals surface area contributed by atoms with Gasteiger partial charge in [0.15, 0.2) is 0 Å². The number of likely N-dealkylation sites (N-methyl/N-ethyl adjacent to an activating group) is 1. The second kappa shape index (κ2) is 5.09. The van der Waals surface area contributed by atoms with E-state index in [-0.39, 0.29) is 0 Å². The van der Waals surface area contributed by atoms with Gasteiger partial charge in [-0.3, -0.25) is 0 Å². The van der Waals surface area contributed by atoms with E-state index in [4.69, 9.17) is 0 Å². The molecule has 0 bridgehead atoms. The molecular weight excluding hydrogens is 208 g/mol. The molecule has 1 heterocycles. The maximum absolute atomic E-state index is 3.40. The van der Waals surface area contributed by atoms with Gasteiger partial charge in [-0.15, -0.1) is 0 Å². The van der Waals surface area contributed by atoms with Crippen LogP contribution in [0, 0.1) is 5.92 Å². The fourth-order valence-electron chi connectivity index (χ4n) is 2.74. The number of para-hydroxylation sites is 1. The molecule has 2 unspecified atom stereocenters. The summed E-state index contributed by atoms with van der Waals surface area (Å²) < 4.78 is 0. The van der Waals surface area contributed by atoms with Crippen molar-refractivity contribution >= 4 is 5.69 Å². The second-order valence-corrected chi connectivity index (χ2v) is 5.52. The predicted octanol–water partition coefficient (Wildman–Crippen LogP) is 2.68. The van der Waals surface area contributed by atoms with Crippen molar-refractivity contribution in [2.75, 3.05) is 18.5 Å². The summed E-state index contributed by atoms with van der Waals surface area (Å²) in [6.45, 7) is 8.02. The maximum Gasteiger partial charge on any atom is 0.0481 e. The van der Waals surface area contributed by atoms with Crippen LogP contribution < -0.4 is 10.2 Å². The van der Waals surface area contributed by atoms with Gasteiger partial charge in [0.05, 0.1) is 0 Å². The molecule has 0 saturated carbocycles. The highest BCUT2D eigenvalue weighted by Gasteiger charge is 2.32. The standard InChI is InChI=1S/C15H24N2/c1-11(2)10-17-14-8-6-5-7-13(14)9-15(17)12(3)16-4/h5-8,11-12,15-16H,9-10H2,1-4H3. The van der Waals surface area contributed by atoms with Crippen molar-refractivity contribution in [3.8, 4) is 0 Å². The van der Waals surface area contributed by atoms with E-state index in [0.29, 0.717) is 18.0 Å². The molecule has 1 aromatic carbocycles. The molecule has 0 radical (unpaired) electrons. The summed E-state index contributed by atoms with van der Waals surface area (Å²) in [6, 6.07) is 9.96. The lowest BCUT2D eigenvalue weighted by atomic mass is 10.0. The highest BCUT2D eigenvalue weighted by Crippen LogP contribution is 2.33. The molecule has 94 valence electrons. The van der Waals surface area contributed by atoms with E-state index in [1.54, 1.807) is 0 Å². The summed E-state index contributed by atoms with van der Waals surface area (Å²) in [5.74, 6) is 0.702. The monoisotopic (exact) mass is 232 g/mol. The molecular formula is C15H24N2. The first-order valence-corrected chi connectivity index (χ1v) is 6.65. The second-order valence-electron chi connectivity index (χ2n) is 5.52. The number of hydrogen-bond acceptors (Lipinski definition) is 2. The Hall–Kier alpha value is -1.02. The quantitative estimate of drug-likeness (QED) is 0.858. The van der Waals surface area contributed by atoms with E-state index >= 15 is 0 Å².